The summed E-state index contributed by atoms with van der Waals surface area (Å²) in [6, 6.07) is 7.48. The normalized spacial score (nSPS) is 15.5. The van der Waals surface area contributed by atoms with Crippen LogP contribution in [0.15, 0.2) is 45.4 Å². The van der Waals surface area contributed by atoms with Crippen LogP contribution in [-0.2, 0) is 4.79 Å². The first-order valence-corrected chi connectivity index (χ1v) is 9.84. The van der Waals surface area contributed by atoms with Gasteiger partial charge in [0.15, 0.2) is 0 Å². The van der Waals surface area contributed by atoms with E-state index < -0.39 is 6.04 Å². The highest BCUT2D eigenvalue weighted by atomic mass is 16.5. The number of amides is 1. The predicted octanol–water partition coefficient (Wildman–Crippen LogP) is 4.68. The maximum Gasteiger partial charge on any atom is 0.270 e. The number of aryl methyl sites for hydroxylation is 1. The summed E-state index contributed by atoms with van der Waals surface area (Å²) < 4.78 is 5.33. The van der Waals surface area contributed by atoms with Crippen LogP contribution in [-0.4, -0.2) is 28.8 Å². The summed E-state index contributed by atoms with van der Waals surface area (Å²) in [5.74, 6) is 1.24. The van der Waals surface area contributed by atoms with Crippen molar-refractivity contribution in [3.05, 3.63) is 47.4 Å². The highest BCUT2D eigenvalue weighted by Gasteiger charge is 2.24. The Morgan fingerprint density at radius 1 is 1.36 bits per heavy atom. The number of rotatable bonds is 6. The Bertz CT molecular complexity index is 863. The second kappa shape index (κ2) is 9.97. The van der Waals surface area contributed by atoms with E-state index in [2.05, 4.69) is 20.4 Å². The highest BCUT2D eigenvalue weighted by molar-refractivity contribution is 6.43. The van der Waals surface area contributed by atoms with Crippen LogP contribution in [0.2, 0.25) is 0 Å². The molecule has 1 amide bonds. The van der Waals surface area contributed by atoms with Crippen LogP contribution in [0.5, 0.6) is 0 Å². The fourth-order valence-corrected chi connectivity index (χ4v) is 2.75. The third kappa shape index (κ3) is 5.62. The molecule has 0 spiro atoms. The number of hydrogen-bond acceptors (Lipinski definition) is 5. The van der Waals surface area contributed by atoms with Gasteiger partial charge in [0.25, 0.3) is 5.91 Å². The monoisotopic (exact) mass is 382 g/mol. The average Bonchev–Trinajstić information content (AvgIpc) is 3.43. The molecule has 1 aromatic heterocycles. The molecule has 0 aliphatic heterocycles. The number of carbonyl (C=O) groups excluding carboxylic acids is 1. The zero-order valence-corrected chi connectivity index (χ0v) is 17.6. The molecule has 3 rings (SSSR count). The molecule has 0 saturated heterocycles. The number of nitrogens with zero attached hydrogens (tertiary/aromatic N) is 3. The van der Waals surface area contributed by atoms with Crippen molar-refractivity contribution >= 4 is 11.6 Å². The summed E-state index contributed by atoms with van der Waals surface area (Å²) in [6.45, 7) is 9.87. The molecule has 1 unspecified atom stereocenters. The number of carbonyl (C=O) groups is 1. The van der Waals surface area contributed by atoms with Gasteiger partial charge in [-0.25, -0.2) is 0 Å². The molecule has 28 heavy (non-hydrogen) atoms. The van der Waals surface area contributed by atoms with Crippen LogP contribution in [0.4, 0.5) is 0 Å². The van der Waals surface area contributed by atoms with Gasteiger partial charge in [-0.15, -0.1) is 0 Å². The Balaban J connectivity index is 0.00000136. The molecule has 1 N–H and O–H groups in total. The average molecular weight is 383 g/mol. The molecular weight excluding hydrogens is 352 g/mol. The van der Waals surface area contributed by atoms with Crippen molar-refractivity contribution in [2.45, 2.75) is 53.5 Å². The van der Waals surface area contributed by atoms with Gasteiger partial charge in [-0.3, -0.25) is 9.79 Å². The number of benzene rings is 1. The predicted molar refractivity (Wildman–Crippen MR) is 112 cm³/mol. The zero-order valence-electron chi connectivity index (χ0n) is 17.6. The number of nitrogens with one attached hydrogen (secondary N) is 1. The maximum atomic E-state index is 12.5. The van der Waals surface area contributed by atoms with Crippen molar-refractivity contribution in [2.24, 2.45) is 10.9 Å². The van der Waals surface area contributed by atoms with Gasteiger partial charge < -0.3 is 9.84 Å². The van der Waals surface area contributed by atoms with E-state index in [1.54, 1.807) is 7.05 Å². The SMILES string of the molecule is CC.CN=C(/C=C(\C)C1CC1)C(=O)NC(C)c1nc(-c2cccc(C)c2)no1. The molecule has 1 aromatic carbocycles. The van der Waals surface area contributed by atoms with Gasteiger partial charge in [-0.05, 0) is 51.7 Å². The minimum Gasteiger partial charge on any atom is -0.339 e. The van der Waals surface area contributed by atoms with Gasteiger partial charge in [-0.2, -0.15) is 4.98 Å². The van der Waals surface area contributed by atoms with E-state index >= 15 is 0 Å². The van der Waals surface area contributed by atoms with Crippen molar-refractivity contribution in [2.75, 3.05) is 7.05 Å². The second-order valence-corrected chi connectivity index (χ2v) is 6.79. The van der Waals surface area contributed by atoms with Crippen LogP contribution < -0.4 is 5.32 Å². The zero-order chi connectivity index (χ0) is 20.7. The fraction of sp³-hybridized carbons (Fsp3) is 0.455. The number of hydrogen-bond donors (Lipinski definition) is 1. The van der Waals surface area contributed by atoms with Crippen LogP contribution in [0, 0.1) is 12.8 Å². The maximum absolute atomic E-state index is 12.5. The van der Waals surface area contributed by atoms with E-state index in [9.17, 15) is 4.79 Å². The van der Waals surface area contributed by atoms with Crippen LogP contribution in [0.25, 0.3) is 11.4 Å². The van der Waals surface area contributed by atoms with Crippen molar-refractivity contribution in [1.82, 2.24) is 15.5 Å². The Kier molecular flexibility index (Phi) is 7.67. The fourth-order valence-electron chi connectivity index (χ4n) is 2.75. The molecule has 0 bridgehead atoms. The highest BCUT2D eigenvalue weighted by Crippen LogP contribution is 2.36. The van der Waals surface area contributed by atoms with Gasteiger partial charge in [0.1, 0.15) is 11.8 Å². The topological polar surface area (TPSA) is 80.4 Å². The minimum absolute atomic E-state index is 0.240. The molecular formula is C22H30N4O2. The van der Waals surface area contributed by atoms with Crippen molar-refractivity contribution in [3.63, 3.8) is 0 Å². The van der Waals surface area contributed by atoms with Crippen LogP contribution in [0.1, 0.15) is 58.0 Å². The third-order valence-corrected chi connectivity index (χ3v) is 4.50. The van der Waals surface area contributed by atoms with Crippen molar-refractivity contribution < 1.29 is 9.32 Å². The molecule has 6 heteroatoms. The first kappa shape index (κ1) is 21.5. The van der Waals surface area contributed by atoms with E-state index in [1.165, 1.54) is 18.4 Å². The minimum atomic E-state index is -0.403. The first-order valence-electron chi connectivity index (χ1n) is 9.84. The summed E-state index contributed by atoms with van der Waals surface area (Å²) in [6.07, 6.45) is 4.26. The molecule has 0 radical (unpaired) electrons. The summed E-state index contributed by atoms with van der Waals surface area (Å²) in [4.78, 5) is 21.0. The lowest BCUT2D eigenvalue weighted by atomic mass is 10.1. The van der Waals surface area contributed by atoms with Gasteiger partial charge in [-0.1, -0.05) is 48.3 Å². The molecule has 1 atom stereocenters. The quantitative estimate of drug-likeness (QED) is 0.736. The van der Waals surface area contributed by atoms with Gasteiger partial charge in [0, 0.05) is 12.6 Å². The first-order chi connectivity index (χ1) is 13.5. The standard InChI is InChI=1S/C20H24N4O2.C2H6/c1-12-6-5-7-16(10-12)18-23-20(26-24-18)14(3)22-19(25)17(21-4)11-13(2)15-8-9-15;1-2/h5-7,10-11,14-15H,8-9H2,1-4H3,(H,22,25);1-2H3/b13-11+,21-17?;. The lowest BCUT2D eigenvalue weighted by Gasteiger charge is -2.10. The Morgan fingerprint density at radius 3 is 2.68 bits per heavy atom. The van der Waals surface area contributed by atoms with Crippen LogP contribution >= 0.6 is 0 Å². The Hall–Kier alpha value is -2.76. The number of aromatic nitrogens is 2. The van der Waals surface area contributed by atoms with E-state index in [1.807, 2.05) is 65.0 Å². The molecule has 1 heterocycles. The third-order valence-electron chi connectivity index (χ3n) is 4.50. The van der Waals surface area contributed by atoms with Crippen molar-refractivity contribution in [3.8, 4) is 11.4 Å². The smallest absolute Gasteiger partial charge is 0.270 e. The van der Waals surface area contributed by atoms with Gasteiger partial charge >= 0.3 is 0 Å². The summed E-state index contributed by atoms with van der Waals surface area (Å²) in [5, 5.41) is 6.90. The van der Waals surface area contributed by atoms with E-state index in [0.29, 0.717) is 23.3 Å². The van der Waals surface area contributed by atoms with Gasteiger partial charge in [0.05, 0.1) is 0 Å². The molecule has 2 aromatic rings. The summed E-state index contributed by atoms with van der Waals surface area (Å²) in [7, 11) is 1.62. The molecule has 1 aliphatic carbocycles. The summed E-state index contributed by atoms with van der Waals surface area (Å²) in [5.41, 5.74) is 3.63. The lowest BCUT2D eigenvalue weighted by Crippen LogP contribution is -2.32. The second-order valence-electron chi connectivity index (χ2n) is 6.79. The Labute approximate surface area is 167 Å². The number of allylic oxidation sites excluding steroid dienone is 1. The number of aliphatic imine (C=N–C) groups is 1. The molecule has 1 fully saturated rings. The molecule has 150 valence electrons. The molecule has 1 aliphatic rings. The Morgan fingerprint density at radius 2 is 2.07 bits per heavy atom. The van der Waals surface area contributed by atoms with Gasteiger partial charge in [0.2, 0.25) is 11.7 Å². The van der Waals surface area contributed by atoms with E-state index in [-0.39, 0.29) is 5.91 Å². The van der Waals surface area contributed by atoms with Crippen molar-refractivity contribution in [1.29, 1.82) is 0 Å². The van der Waals surface area contributed by atoms with Crippen LogP contribution in [0.3, 0.4) is 0 Å². The molecule has 1 saturated carbocycles. The van der Waals surface area contributed by atoms with E-state index in [0.717, 1.165) is 11.1 Å². The van der Waals surface area contributed by atoms with E-state index in [4.69, 9.17) is 4.52 Å². The molecule has 6 nitrogen and oxygen atoms in total. The summed E-state index contributed by atoms with van der Waals surface area (Å²) >= 11 is 0. The lowest BCUT2D eigenvalue weighted by molar-refractivity contribution is -0.115. The largest absolute Gasteiger partial charge is 0.339 e.